The Kier molecular flexibility index (Phi) is 9.27. The second-order valence-corrected chi connectivity index (χ2v) is 9.08. The minimum absolute atomic E-state index is 0.0123. The molecular formula is C25H32ClFN4O3. The quantitative estimate of drug-likeness (QED) is 0.565. The summed E-state index contributed by atoms with van der Waals surface area (Å²) in [6.45, 7) is 6.46. The topological polar surface area (TPSA) is 73.9 Å². The van der Waals surface area contributed by atoms with Crippen molar-refractivity contribution in [3.63, 3.8) is 0 Å². The number of hydrogen-bond acceptors (Lipinski definition) is 5. The van der Waals surface area contributed by atoms with Gasteiger partial charge in [-0.05, 0) is 56.8 Å². The van der Waals surface area contributed by atoms with Crippen molar-refractivity contribution < 1.29 is 18.7 Å². The fraction of sp³-hybridized carbons (Fsp3) is 0.440. The molecule has 1 fully saturated rings. The van der Waals surface area contributed by atoms with E-state index in [0.29, 0.717) is 36.0 Å². The Bertz CT molecular complexity index is 989. The minimum atomic E-state index is -0.246. The molecule has 0 spiro atoms. The number of piperazine rings is 1. The fourth-order valence-electron chi connectivity index (χ4n) is 4.06. The van der Waals surface area contributed by atoms with E-state index < -0.39 is 0 Å². The number of ether oxygens (including phenoxy) is 1. The summed E-state index contributed by atoms with van der Waals surface area (Å²) in [6.07, 6.45) is 0. The average molecular weight is 491 g/mol. The monoisotopic (exact) mass is 490 g/mol. The summed E-state index contributed by atoms with van der Waals surface area (Å²) in [4.78, 5) is 28.9. The lowest BCUT2D eigenvalue weighted by Gasteiger charge is -2.44. The number of likely N-dealkylation sites (N-methyl/N-ethyl adjacent to an activating group) is 1. The molecule has 2 atom stereocenters. The van der Waals surface area contributed by atoms with E-state index in [0.717, 1.165) is 5.56 Å². The standard InChI is InChI=1S/C25H32ClFN4O3/c1-17-14-31(18(2)13-30(17)15-19-4-7-22(27)8-5-19)25(33)16-34-23-9-6-21(26)10-20(23)11-29-24(32)12-28-3/h4-10,17-18,28H,11-16H2,1-3H3,(H,29,32)/t17-,18+/m0/s1. The predicted molar refractivity (Wildman–Crippen MR) is 130 cm³/mol. The highest BCUT2D eigenvalue weighted by Gasteiger charge is 2.32. The van der Waals surface area contributed by atoms with Gasteiger partial charge in [0.05, 0.1) is 6.54 Å². The first-order valence-electron chi connectivity index (χ1n) is 11.4. The molecule has 1 saturated heterocycles. The summed E-state index contributed by atoms with van der Waals surface area (Å²) in [6, 6.07) is 11.8. The van der Waals surface area contributed by atoms with Gasteiger partial charge in [0.25, 0.3) is 5.91 Å². The molecular weight excluding hydrogens is 459 g/mol. The SMILES string of the molecule is CNCC(=O)NCc1cc(Cl)ccc1OCC(=O)N1C[C@H](C)N(Cc2ccc(F)cc2)C[C@H]1C. The summed E-state index contributed by atoms with van der Waals surface area (Å²) in [5, 5.41) is 6.12. The molecule has 2 amide bonds. The molecule has 1 aliphatic heterocycles. The Hall–Kier alpha value is -2.68. The highest BCUT2D eigenvalue weighted by molar-refractivity contribution is 6.30. The van der Waals surface area contributed by atoms with Gasteiger partial charge in [-0.2, -0.15) is 0 Å². The number of rotatable bonds is 9. The first-order valence-corrected chi connectivity index (χ1v) is 11.7. The van der Waals surface area contributed by atoms with Gasteiger partial charge < -0.3 is 20.3 Å². The molecule has 1 aliphatic rings. The summed E-state index contributed by atoms with van der Waals surface area (Å²) in [5.41, 5.74) is 1.75. The van der Waals surface area contributed by atoms with Crippen LogP contribution in [-0.4, -0.2) is 67.0 Å². The number of amides is 2. The number of carbonyl (C=O) groups excluding carboxylic acids is 2. The van der Waals surface area contributed by atoms with Crippen LogP contribution in [-0.2, 0) is 22.7 Å². The summed E-state index contributed by atoms with van der Waals surface area (Å²) in [7, 11) is 1.70. The van der Waals surface area contributed by atoms with Crippen molar-refractivity contribution in [3.05, 3.63) is 64.4 Å². The molecule has 0 aromatic heterocycles. The van der Waals surface area contributed by atoms with Gasteiger partial charge in [-0.1, -0.05) is 23.7 Å². The van der Waals surface area contributed by atoms with Crippen LogP contribution in [0.1, 0.15) is 25.0 Å². The first kappa shape index (κ1) is 25.9. The molecule has 0 bridgehead atoms. The molecule has 0 aliphatic carbocycles. The van der Waals surface area contributed by atoms with Crippen LogP contribution in [0.5, 0.6) is 5.75 Å². The molecule has 0 saturated carbocycles. The van der Waals surface area contributed by atoms with E-state index in [1.807, 2.05) is 11.8 Å². The number of benzene rings is 2. The van der Waals surface area contributed by atoms with Gasteiger partial charge in [-0.25, -0.2) is 4.39 Å². The molecule has 1 heterocycles. The summed E-state index contributed by atoms with van der Waals surface area (Å²) >= 11 is 6.11. The van der Waals surface area contributed by atoms with Crippen LogP contribution < -0.4 is 15.4 Å². The number of carbonyl (C=O) groups is 2. The van der Waals surface area contributed by atoms with Crippen molar-refractivity contribution in [2.75, 3.05) is 33.3 Å². The molecule has 2 aromatic rings. The molecule has 0 unspecified atom stereocenters. The van der Waals surface area contributed by atoms with Crippen molar-refractivity contribution >= 4 is 23.4 Å². The van der Waals surface area contributed by atoms with Gasteiger partial charge in [-0.15, -0.1) is 0 Å². The fourth-order valence-corrected chi connectivity index (χ4v) is 4.25. The number of nitrogens with zero attached hydrogens (tertiary/aromatic N) is 2. The van der Waals surface area contributed by atoms with E-state index >= 15 is 0 Å². The van der Waals surface area contributed by atoms with Gasteiger partial charge in [0, 0.05) is 48.8 Å². The highest BCUT2D eigenvalue weighted by Crippen LogP contribution is 2.24. The van der Waals surface area contributed by atoms with Crippen LogP contribution in [0.15, 0.2) is 42.5 Å². The smallest absolute Gasteiger partial charge is 0.260 e. The third-order valence-corrected chi connectivity index (χ3v) is 6.16. The van der Waals surface area contributed by atoms with E-state index in [2.05, 4.69) is 22.5 Å². The number of hydrogen-bond donors (Lipinski definition) is 2. The first-order chi connectivity index (χ1) is 16.3. The van der Waals surface area contributed by atoms with E-state index in [1.54, 1.807) is 37.4 Å². The summed E-state index contributed by atoms with van der Waals surface area (Å²) in [5.74, 6) is 0.0228. The largest absolute Gasteiger partial charge is 0.483 e. The van der Waals surface area contributed by atoms with Crippen LogP contribution in [0.25, 0.3) is 0 Å². The third-order valence-electron chi connectivity index (χ3n) is 5.92. The molecule has 7 nitrogen and oxygen atoms in total. The molecule has 2 N–H and O–H groups in total. The van der Waals surface area contributed by atoms with E-state index in [4.69, 9.17) is 16.3 Å². The van der Waals surface area contributed by atoms with Crippen LogP contribution >= 0.6 is 11.6 Å². The van der Waals surface area contributed by atoms with Gasteiger partial charge >= 0.3 is 0 Å². The van der Waals surface area contributed by atoms with Crippen LogP contribution in [0.3, 0.4) is 0 Å². The zero-order valence-electron chi connectivity index (χ0n) is 19.8. The zero-order chi connectivity index (χ0) is 24.7. The molecule has 34 heavy (non-hydrogen) atoms. The zero-order valence-corrected chi connectivity index (χ0v) is 20.6. The number of halogens is 2. The van der Waals surface area contributed by atoms with E-state index in [1.165, 1.54) is 12.1 Å². The molecule has 0 radical (unpaired) electrons. The highest BCUT2D eigenvalue weighted by atomic mass is 35.5. The Morgan fingerprint density at radius 3 is 2.56 bits per heavy atom. The van der Waals surface area contributed by atoms with Gasteiger partial charge in [0.1, 0.15) is 11.6 Å². The Balaban J connectivity index is 1.57. The normalized spacial score (nSPS) is 18.6. The van der Waals surface area contributed by atoms with Gasteiger partial charge in [0.15, 0.2) is 6.61 Å². The molecule has 184 valence electrons. The summed E-state index contributed by atoms with van der Waals surface area (Å²) < 4.78 is 19.0. The average Bonchev–Trinajstić information content (AvgIpc) is 2.80. The van der Waals surface area contributed by atoms with Crippen molar-refractivity contribution in [1.82, 2.24) is 20.4 Å². The second-order valence-electron chi connectivity index (χ2n) is 8.65. The lowest BCUT2D eigenvalue weighted by Crippen LogP contribution is -2.58. The predicted octanol–water partition coefficient (Wildman–Crippen LogP) is 2.81. The molecule has 2 aromatic carbocycles. The van der Waals surface area contributed by atoms with Crippen molar-refractivity contribution in [2.45, 2.75) is 39.0 Å². The Morgan fingerprint density at radius 2 is 1.85 bits per heavy atom. The van der Waals surface area contributed by atoms with Crippen molar-refractivity contribution in [1.29, 1.82) is 0 Å². The Labute approximate surface area is 205 Å². The lowest BCUT2D eigenvalue weighted by atomic mass is 10.1. The van der Waals surface area contributed by atoms with E-state index in [9.17, 15) is 14.0 Å². The van der Waals surface area contributed by atoms with Crippen LogP contribution in [0.2, 0.25) is 5.02 Å². The lowest BCUT2D eigenvalue weighted by molar-refractivity contribution is -0.139. The Morgan fingerprint density at radius 1 is 1.12 bits per heavy atom. The van der Waals surface area contributed by atoms with Gasteiger partial charge in [0.2, 0.25) is 5.91 Å². The van der Waals surface area contributed by atoms with Crippen LogP contribution in [0, 0.1) is 5.82 Å². The van der Waals surface area contributed by atoms with Crippen LogP contribution in [0.4, 0.5) is 4.39 Å². The van der Waals surface area contributed by atoms with Gasteiger partial charge in [-0.3, -0.25) is 14.5 Å². The molecule has 9 heteroatoms. The minimum Gasteiger partial charge on any atom is -0.483 e. The maximum absolute atomic E-state index is 13.2. The number of nitrogens with one attached hydrogen (secondary N) is 2. The van der Waals surface area contributed by atoms with Crippen molar-refractivity contribution in [3.8, 4) is 5.75 Å². The third kappa shape index (κ3) is 7.16. The second kappa shape index (κ2) is 12.1. The van der Waals surface area contributed by atoms with Crippen molar-refractivity contribution in [2.24, 2.45) is 0 Å². The maximum atomic E-state index is 13.2. The maximum Gasteiger partial charge on any atom is 0.260 e. The van der Waals surface area contributed by atoms with E-state index in [-0.39, 0.29) is 49.4 Å². The molecule has 3 rings (SSSR count).